The molecule has 2 aliphatic rings. The minimum absolute atomic E-state index is 0.00743. The van der Waals surface area contributed by atoms with E-state index in [2.05, 4.69) is 12.2 Å². The van der Waals surface area contributed by atoms with Gasteiger partial charge in [-0.3, -0.25) is 4.79 Å². The summed E-state index contributed by atoms with van der Waals surface area (Å²) in [6, 6.07) is 0. The lowest BCUT2D eigenvalue weighted by Crippen LogP contribution is -2.49. The molecule has 0 bridgehead atoms. The van der Waals surface area contributed by atoms with Gasteiger partial charge >= 0.3 is 0 Å². The molecular formula is C10H18N2O. The highest BCUT2D eigenvalue weighted by molar-refractivity contribution is 5.84. The van der Waals surface area contributed by atoms with Crippen LogP contribution in [0.1, 0.15) is 26.2 Å². The van der Waals surface area contributed by atoms with Crippen molar-refractivity contribution < 1.29 is 4.79 Å². The summed E-state index contributed by atoms with van der Waals surface area (Å²) in [6.07, 6.45) is 3.41. The number of amides is 1. The topological polar surface area (TPSA) is 32.3 Å². The number of hydrogen-bond acceptors (Lipinski definition) is 2. The maximum absolute atomic E-state index is 12.1. The molecule has 1 heterocycles. The molecule has 0 aromatic carbocycles. The van der Waals surface area contributed by atoms with E-state index in [9.17, 15) is 4.79 Å². The third-order valence-corrected chi connectivity index (χ3v) is 3.46. The minimum Gasteiger partial charge on any atom is -0.341 e. The molecule has 0 unspecified atom stereocenters. The van der Waals surface area contributed by atoms with Crippen molar-refractivity contribution in [1.82, 2.24) is 10.2 Å². The number of hydrogen-bond donors (Lipinski definition) is 1. The van der Waals surface area contributed by atoms with Crippen molar-refractivity contribution in [3.63, 3.8) is 0 Å². The van der Waals surface area contributed by atoms with Gasteiger partial charge in [-0.05, 0) is 19.8 Å². The Hall–Kier alpha value is -0.570. The lowest BCUT2D eigenvalue weighted by atomic mass is 9.68. The van der Waals surface area contributed by atoms with Crippen LogP contribution in [0.25, 0.3) is 0 Å². The quantitative estimate of drug-likeness (QED) is 0.644. The van der Waals surface area contributed by atoms with Crippen LogP contribution in [-0.4, -0.2) is 37.0 Å². The summed E-state index contributed by atoms with van der Waals surface area (Å²) >= 11 is 0. The lowest BCUT2D eigenvalue weighted by molar-refractivity contribution is -0.145. The Bertz CT molecular complexity index is 211. The first kappa shape index (κ1) is 9.00. The van der Waals surface area contributed by atoms with E-state index >= 15 is 0 Å². The molecule has 1 aliphatic carbocycles. The Kier molecular flexibility index (Phi) is 2.28. The van der Waals surface area contributed by atoms with Crippen molar-refractivity contribution in [2.75, 3.05) is 26.2 Å². The molecule has 0 aromatic heterocycles. The van der Waals surface area contributed by atoms with Crippen LogP contribution in [0.2, 0.25) is 0 Å². The molecule has 1 saturated heterocycles. The van der Waals surface area contributed by atoms with Crippen LogP contribution in [-0.2, 0) is 4.79 Å². The zero-order valence-corrected chi connectivity index (χ0v) is 8.31. The Morgan fingerprint density at radius 2 is 2.31 bits per heavy atom. The largest absolute Gasteiger partial charge is 0.341 e. The molecule has 2 fully saturated rings. The average Bonchev–Trinajstić information content (AvgIpc) is 2.23. The number of carbonyl (C=O) groups is 1. The third-order valence-electron chi connectivity index (χ3n) is 3.46. The van der Waals surface area contributed by atoms with Gasteiger partial charge in [-0.1, -0.05) is 6.42 Å². The zero-order chi connectivity index (χ0) is 9.31. The van der Waals surface area contributed by atoms with E-state index in [1.54, 1.807) is 0 Å². The number of likely N-dealkylation sites (N-methyl/N-ethyl adjacent to an activating group) is 1. The second-order valence-corrected chi connectivity index (χ2v) is 4.20. The van der Waals surface area contributed by atoms with Crippen LogP contribution in [0.5, 0.6) is 0 Å². The molecule has 1 saturated carbocycles. The van der Waals surface area contributed by atoms with E-state index in [0.29, 0.717) is 5.91 Å². The predicted molar refractivity (Wildman–Crippen MR) is 51.4 cm³/mol. The molecule has 1 spiro atoms. The Morgan fingerprint density at radius 1 is 1.54 bits per heavy atom. The van der Waals surface area contributed by atoms with Gasteiger partial charge in [-0.2, -0.15) is 0 Å². The van der Waals surface area contributed by atoms with E-state index < -0.39 is 0 Å². The lowest BCUT2D eigenvalue weighted by Gasteiger charge is -2.41. The number of rotatable bonds is 1. The van der Waals surface area contributed by atoms with E-state index in [1.165, 1.54) is 6.42 Å². The van der Waals surface area contributed by atoms with Gasteiger partial charge in [0.25, 0.3) is 0 Å². The van der Waals surface area contributed by atoms with E-state index in [-0.39, 0.29) is 5.41 Å². The molecule has 1 amide bonds. The van der Waals surface area contributed by atoms with Gasteiger partial charge in [0.05, 0.1) is 5.41 Å². The molecule has 1 aliphatic heterocycles. The smallest absolute Gasteiger partial charge is 0.230 e. The van der Waals surface area contributed by atoms with Crippen molar-refractivity contribution in [3.8, 4) is 0 Å². The van der Waals surface area contributed by atoms with Crippen molar-refractivity contribution in [3.05, 3.63) is 0 Å². The van der Waals surface area contributed by atoms with Gasteiger partial charge in [0.15, 0.2) is 0 Å². The normalized spacial score (nSPS) is 27.2. The Morgan fingerprint density at radius 3 is 2.85 bits per heavy atom. The number of nitrogens with one attached hydrogen (secondary N) is 1. The van der Waals surface area contributed by atoms with Gasteiger partial charge in [0.2, 0.25) is 5.91 Å². The summed E-state index contributed by atoms with van der Waals surface area (Å²) in [5.74, 6) is 0.395. The standard InChI is InChI=1S/C10H18N2O/c1-2-12-7-6-11-8-10(9(12)13)4-3-5-10/h11H,2-8H2,1H3. The van der Waals surface area contributed by atoms with E-state index in [4.69, 9.17) is 0 Å². The molecule has 1 N–H and O–H groups in total. The molecule has 0 aromatic rings. The molecule has 0 radical (unpaired) electrons. The van der Waals surface area contributed by atoms with Crippen LogP contribution in [0, 0.1) is 5.41 Å². The van der Waals surface area contributed by atoms with Gasteiger partial charge < -0.3 is 10.2 Å². The SMILES string of the molecule is CCN1CCNCC2(CCC2)C1=O. The number of nitrogens with zero attached hydrogens (tertiary/aromatic N) is 1. The van der Waals surface area contributed by atoms with E-state index in [0.717, 1.165) is 39.0 Å². The summed E-state index contributed by atoms with van der Waals surface area (Å²) in [7, 11) is 0. The number of carbonyl (C=O) groups excluding carboxylic acids is 1. The van der Waals surface area contributed by atoms with Gasteiger partial charge in [0.1, 0.15) is 0 Å². The van der Waals surface area contributed by atoms with Crippen LogP contribution >= 0.6 is 0 Å². The fraction of sp³-hybridized carbons (Fsp3) is 0.900. The van der Waals surface area contributed by atoms with E-state index in [1.807, 2.05) is 4.90 Å². The first-order chi connectivity index (χ1) is 6.28. The fourth-order valence-electron chi connectivity index (χ4n) is 2.35. The van der Waals surface area contributed by atoms with Crippen LogP contribution in [0.15, 0.2) is 0 Å². The van der Waals surface area contributed by atoms with Crippen LogP contribution in [0.4, 0.5) is 0 Å². The van der Waals surface area contributed by atoms with Gasteiger partial charge in [0, 0.05) is 26.2 Å². The molecule has 13 heavy (non-hydrogen) atoms. The van der Waals surface area contributed by atoms with Crippen molar-refractivity contribution in [1.29, 1.82) is 0 Å². The second-order valence-electron chi connectivity index (χ2n) is 4.20. The van der Waals surface area contributed by atoms with Crippen molar-refractivity contribution >= 4 is 5.91 Å². The average molecular weight is 182 g/mol. The zero-order valence-electron chi connectivity index (χ0n) is 8.31. The monoisotopic (exact) mass is 182 g/mol. The molecule has 3 nitrogen and oxygen atoms in total. The summed E-state index contributed by atoms with van der Waals surface area (Å²) in [6.45, 7) is 5.68. The first-order valence-electron chi connectivity index (χ1n) is 5.29. The summed E-state index contributed by atoms with van der Waals surface area (Å²) in [5.41, 5.74) is -0.00743. The molecular weight excluding hydrogens is 164 g/mol. The molecule has 2 rings (SSSR count). The summed E-state index contributed by atoms with van der Waals surface area (Å²) in [5, 5.41) is 3.37. The highest BCUT2D eigenvalue weighted by atomic mass is 16.2. The second kappa shape index (κ2) is 3.29. The van der Waals surface area contributed by atoms with Crippen LogP contribution in [0.3, 0.4) is 0 Å². The van der Waals surface area contributed by atoms with Gasteiger partial charge in [-0.25, -0.2) is 0 Å². The first-order valence-corrected chi connectivity index (χ1v) is 5.29. The summed E-state index contributed by atoms with van der Waals surface area (Å²) in [4.78, 5) is 14.1. The molecule has 0 atom stereocenters. The minimum atomic E-state index is -0.00743. The van der Waals surface area contributed by atoms with Gasteiger partial charge in [-0.15, -0.1) is 0 Å². The Labute approximate surface area is 79.5 Å². The fourth-order valence-corrected chi connectivity index (χ4v) is 2.35. The maximum Gasteiger partial charge on any atom is 0.230 e. The molecule has 74 valence electrons. The highest BCUT2D eigenvalue weighted by Crippen LogP contribution is 2.42. The Balaban J connectivity index is 2.13. The van der Waals surface area contributed by atoms with Crippen molar-refractivity contribution in [2.45, 2.75) is 26.2 Å². The van der Waals surface area contributed by atoms with Crippen LogP contribution < -0.4 is 5.32 Å². The highest BCUT2D eigenvalue weighted by Gasteiger charge is 2.46. The van der Waals surface area contributed by atoms with Crippen molar-refractivity contribution in [2.24, 2.45) is 5.41 Å². The molecule has 3 heteroatoms. The third kappa shape index (κ3) is 1.35. The maximum atomic E-state index is 12.1. The summed E-state index contributed by atoms with van der Waals surface area (Å²) < 4.78 is 0. The predicted octanol–water partition coefficient (Wildman–Crippen LogP) is 0.608.